The van der Waals surface area contributed by atoms with Crippen LogP contribution in [0, 0.1) is 5.92 Å². The fourth-order valence-electron chi connectivity index (χ4n) is 3.51. The molecule has 3 fully saturated rings. The monoisotopic (exact) mass is 383 g/mol. The Kier molecular flexibility index (Phi) is 5.72. The molecule has 0 aliphatic carbocycles. The van der Waals surface area contributed by atoms with E-state index in [4.69, 9.17) is 0 Å². The molecular formula is C17H25N3O3S2. The summed E-state index contributed by atoms with van der Waals surface area (Å²) in [6.07, 6.45) is 1.87. The summed E-state index contributed by atoms with van der Waals surface area (Å²) >= 11 is 1.54. The summed E-state index contributed by atoms with van der Waals surface area (Å²) in [5.74, 6) is 0.722. The van der Waals surface area contributed by atoms with Crippen molar-refractivity contribution in [1.29, 1.82) is 0 Å². The zero-order chi connectivity index (χ0) is 18.0. The van der Waals surface area contributed by atoms with Crippen LogP contribution in [0.5, 0.6) is 0 Å². The highest BCUT2D eigenvalue weighted by Gasteiger charge is 2.41. The zero-order valence-electron chi connectivity index (χ0n) is 14.7. The van der Waals surface area contributed by atoms with Crippen molar-refractivity contribution in [2.45, 2.75) is 23.8 Å². The van der Waals surface area contributed by atoms with Gasteiger partial charge in [-0.25, -0.2) is 0 Å². The van der Waals surface area contributed by atoms with Crippen molar-refractivity contribution in [2.75, 3.05) is 39.5 Å². The number of thioether (sulfide) groups is 1. The Hall–Kier alpha value is -1.09. The molecule has 1 aromatic carbocycles. The van der Waals surface area contributed by atoms with Crippen LogP contribution in [0.15, 0.2) is 35.2 Å². The SMILES string of the molecule is CN(C)S(=O)(=O)N1C[C@@H]2CC[C@H](C1)N(C(=O)CSc1ccccc1)C2. The average Bonchev–Trinajstić information content (AvgIpc) is 2.93. The summed E-state index contributed by atoms with van der Waals surface area (Å²) in [5.41, 5.74) is 0. The second-order valence-corrected chi connectivity index (χ2v) is 10.0. The van der Waals surface area contributed by atoms with E-state index < -0.39 is 10.2 Å². The van der Waals surface area contributed by atoms with Crippen molar-refractivity contribution >= 4 is 27.9 Å². The molecule has 0 N–H and O–H groups in total. The number of carbonyl (C=O) groups excluding carboxylic acids is 1. The number of fused-ring (bicyclic) bond motifs is 4. The third-order valence-electron chi connectivity index (χ3n) is 4.89. The maximum Gasteiger partial charge on any atom is 0.281 e. The van der Waals surface area contributed by atoms with Crippen LogP contribution < -0.4 is 0 Å². The van der Waals surface area contributed by atoms with Gasteiger partial charge in [0.2, 0.25) is 5.91 Å². The van der Waals surface area contributed by atoms with Crippen LogP contribution in [-0.4, -0.2) is 73.4 Å². The van der Waals surface area contributed by atoms with Crippen LogP contribution in [0.1, 0.15) is 12.8 Å². The summed E-state index contributed by atoms with van der Waals surface area (Å²) in [7, 11) is -0.316. The van der Waals surface area contributed by atoms with E-state index in [1.165, 1.54) is 16.1 Å². The number of amides is 1. The summed E-state index contributed by atoms with van der Waals surface area (Å²) < 4.78 is 27.8. The van der Waals surface area contributed by atoms with Crippen LogP contribution in [0.2, 0.25) is 0 Å². The maximum atomic E-state index is 12.7. The number of nitrogens with zero attached hydrogens (tertiary/aromatic N) is 3. The lowest BCUT2D eigenvalue weighted by Crippen LogP contribution is -2.49. The Bertz CT molecular complexity index is 709. The first-order valence-corrected chi connectivity index (χ1v) is 10.9. The predicted octanol–water partition coefficient (Wildman–Crippen LogP) is 1.51. The standard InChI is InChI=1S/C17H25N3O3S2/c1-18(2)25(22,23)19-10-14-8-9-15(12-19)20(11-14)17(21)13-24-16-6-4-3-5-7-16/h3-7,14-15H,8-13H2,1-2H3/t14-,15+/m0/s1. The molecule has 2 bridgehead atoms. The Balaban J connectivity index is 1.67. The Morgan fingerprint density at radius 2 is 1.88 bits per heavy atom. The first kappa shape index (κ1) is 18.7. The lowest BCUT2D eigenvalue weighted by molar-refractivity contribution is -0.132. The van der Waals surface area contributed by atoms with Gasteiger partial charge in [-0.3, -0.25) is 4.79 Å². The molecule has 0 spiro atoms. The van der Waals surface area contributed by atoms with Crippen LogP contribution in [0.25, 0.3) is 0 Å². The van der Waals surface area contributed by atoms with Crippen LogP contribution in [0.3, 0.4) is 0 Å². The van der Waals surface area contributed by atoms with Gasteiger partial charge >= 0.3 is 0 Å². The minimum Gasteiger partial charge on any atom is -0.337 e. The summed E-state index contributed by atoms with van der Waals surface area (Å²) in [6.45, 7) is 1.57. The number of carbonyl (C=O) groups is 1. The van der Waals surface area contributed by atoms with Crippen LogP contribution in [0.4, 0.5) is 0 Å². The maximum absolute atomic E-state index is 12.7. The molecule has 138 valence electrons. The molecule has 0 saturated carbocycles. The van der Waals surface area contributed by atoms with Crippen molar-refractivity contribution < 1.29 is 13.2 Å². The molecule has 2 atom stereocenters. The van der Waals surface area contributed by atoms with E-state index in [1.807, 2.05) is 35.2 Å². The lowest BCUT2D eigenvalue weighted by atomic mass is 9.95. The first-order chi connectivity index (χ1) is 11.9. The highest BCUT2D eigenvalue weighted by Crippen LogP contribution is 2.30. The molecule has 3 aliphatic heterocycles. The Morgan fingerprint density at radius 1 is 1.16 bits per heavy atom. The van der Waals surface area contributed by atoms with Crippen molar-refractivity contribution in [3.8, 4) is 0 Å². The van der Waals surface area contributed by atoms with Gasteiger partial charge in [0, 0.05) is 44.7 Å². The van der Waals surface area contributed by atoms with Crippen LogP contribution in [-0.2, 0) is 15.0 Å². The predicted molar refractivity (Wildman–Crippen MR) is 99.6 cm³/mol. The van der Waals surface area contributed by atoms with E-state index in [1.54, 1.807) is 18.4 Å². The number of benzene rings is 1. The van der Waals surface area contributed by atoms with Crippen LogP contribution >= 0.6 is 11.8 Å². The molecule has 0 aromatic heterocycles. The van der Waals surface area contributed by atoms with Crippen molar-refractivity contribution in [3.05, 3.63) is 30.3 Å². The van der Waals surface area contributed by atoms with Crippen molar-refractivity contribution in [1.82, 2.24) is 13.5 Å². The average molecular weight is 384 g/mol. The molecule has 1 aromatic rings. The number of rotatable bonds is 5. The fourth-order valence-corrected chi connectivity index (χ4v) is 5.54. The molecule has 4 rings (SSSR count). The number of hydrogen-bond acceptors (Lipinski definition) is 4. The molecule has 6 nitrogen and oxygen atoms in total. The molecule has 3 saturated heterocycles. The van der Waals surface area contributed by atoms with Gasteiger partial charge in [0.25, 0.3) is 10.2 Å². The first-order valence-electron chi connectivity index (χ1n) is 8.53. The fraction of sp³-hybridized carbons (Fsp3) is 0.588. The van der Waals surface area contributed by atoms with Crippen molar-refractivity contribution in [2.24, 2.45) is 5.92 Å². The highest BCUT2D eigenvalue weighted by atomic mass is 32.2. The highest BCUT2D eigenvalue weighted by molar-refractivity contribution is 8.00. The number of piperidine rings is 1. The Labute approximate surface area is 154 Å². The van der Waals surface area contributed by atoms with E-state index in [2.05, 4.69) is 0 Å². The molecule has 0 radical (unpaired) electrons. The van der Waals surface area contributed by atoms with E-state index in [-0.39, 0.29) is 17.9 Å². The summed E-state index contributed by atoms with van der Waals surface area (Å²) in [5, 5.41) is 0. The second-order valence-electron chi connectivity index (χ2n) is 6.85. The molecule has 3 aliphatic rings. The minimum atomic E-state index is -3.43. The normalized spacial score (nSPS) is 24.5. The third-order valence-corrected chi connectivity index (χ3v) is 7.76. The van der Waals surface area contributed by atoms with Gasteiger partial charge in [-0.15, -0.1) is 11.8 Å². The summed E-state index contributed by atoms with van der Waals surface area (Å²) in [4.78, 5) is 15.7. The molecule has 0 unspecified atom stereocenters. The topological polar surface area (TPSA) is 60.9 Å². The second kappa shape index (κ2) is 7.65. The molecule has 25 heavy (non-hydrogen) atoms. The molecule has 3 heterocycles. The van der Waals surface area contributed by atoms with E-state index in [0.717, 1.165) is 17.7 Å². The zero-order valence-corrected chi connectivity index (χ0v) is 16.3. The van der Waals surface area contributed by atoms with Gasteiger partial charge in [0.15, 0.2) is 0 Å². The third kappa shape index (κ3) is 4.19. The summed E-state index contributed by atoms with van der Waals surface area (Å²) in [6, 6.07) is 9.86. The van der Waals surface area contributed by atoms with E-state index in [0.29, 0.717) is 25.4 Å². The van der Waals surface area contributed by atoms with Gasteiger partial charge < -0.3 is 4.90 Å². The number of hydrogen-bond donors (Lipinski definition) is 0. The van der Waals surface area contributed by atoms with Crippen molar-refractivity contribution in [3.63, 3.8) is 0 Å². The van der Waals surface area contributed by atoms with Gasteiger partial charge in [-0.05, 0) is 30.9 Å². The Morgan fingerprint density at radius 3 is 2.56 bits per heavy atom. The quantitative estimate of drug-likeness (QED) is 0.723. The van der Waals surface area contributed by atoms with Gasteiger partial charge in [0.05, 0.1) is 5.75 Å². The molecular weight excluding hydrogens is 358 g/mol. The minimum absolute atomic E-state index is 0.0163. The van der Waals surface area contributed by atoms with Gasteiger partial charge in [-0.1, -0.05) is 18.2 Å². The van der Waals surface area contributed by atoms with Gasteiger partial charge in [-0.2, -0.15) is 17.0 Å². The molecule has 8 heteroatoms. The van der Waals surface area contributed by atoms with E-state index in [9.17, 15) is 13.2 Å². The smallest absolute Gasteiger partial charge is 0.281 e. The lowest BCUT2D eigenvalue weighted by Gasteiger charge is -2.36. The van der Waals surface area contributed by atoms with E-state index >= 15 is 0 Å². The molecule has 1 amide bonds. The largest absolute Gasteiger partial charge is 0.337 e. The van der Waals surface area contributed by atoms with Gasteiger partial charge in [0.1, 0.15) is 0 Å².